The predicted molar refractivity (Wildman–Crippen MR) is 178 cm³/mol. The molecule has 3 aromatic rings. The van der Waals surface area contributed by atoms with Crippen LogP contribution >= 0.6 is 8.58 Å². The summed E-state index contributed by atoms with van der Waals surface area (Å²) < 4.78 is 0. The molecule has 0 saturated heterocycles. The molecule has 0 fully saturated rings. The highest BCUT2D eigenvalue weighted by Gasteiger charge is 2.29. The van der Waals surface area contributed by atoms with E-state index in [-0.39, 0.29) is 16.2 Å². The van der Waals surface area contributed by atoms with Crippen molar-refractivity contribution in [3.05, 3.63) is 88.0 Å². The van der Waals surface area contributed by atoms with Crippen molar-refractivity contribution in [1.82, 2.24) is 0 Å². The highest BCUT2D eigenvalue weighted by atomic mass is 31.1. The van der Waals surface area contributed by atoms with Crippen LogP contribution in [-0.2, 0) is 16.2 Å². The summed E-state index contributed by atoms with van der Waals surface area (Å²) in [7, 11) is 0.562. The van der Waals surface area contributed by atoms with Crippen molar-refractivity contribution in [3.63, 3.8) is 0 Å². The molecular formula is C37H52NP. The van der Waals surface area contributed by atoms with E-state index in [2.05, 4.69) is 151 Å². The van der Waals surface area contributed by atoms with E-state index in [1.54, 1.807) is 0 Å². The molecule has 0 aromatic heterocycles. The van der Waals surface area contributed by atoms with Gasteiger partial charge in [0.25, 0.3) is 0 Å². The topological polar surface area (TPSA) is 12.4 Å². The smallest absolute Gasteiger partial charge is 0.0699 e. The fourth-order valence-corrected chi connectivity index (χ4v) is 6.95. The largest absolute Gasteiger partial charge is 0.256 e. The van der Waals surface area contributed by atoms with E-state index < -0.39 is 0 Å². The lowest BCUT2D eigenvalue weighted by molar-refractivity contribution is 0.554. The minimum atomic E-state index is 0.0506. The van der Waals surface area contributed by atoms with E-state index in [4.69, 9.17) is 4.99 Å². The van der Waals surface area contributed by atoms with Gasteiger partial charge in [-0.15, -0.1) is 0 Å². The molecule has 0 bridgehead atoms. The van der Waals surface area contributed by atoms with Gasteiger partial charge in [-0.05, 0) is 66.5 Å². The fourth-order valence-electron chi connectivity index (χ4n) is 5.05. The average Bonchev–Trinajstić information content (AvgIpc) is 2.81. The lowest BCUT2D eigenvalue weighted by atomic mass is 9.75. The number of hydrogen-bond donors (Lipinski definition) is 0. The van der Waals surface area contributed by atoms with Crippen LogP contribution in [0.15, 0.2) is 59.6 Å². The Bertz CT molecular complexity index is 1260. The molecule has 3 rings (SSSR count). The molecule has 2 heteroatoms. The second kappa shape index (κ2) is 11.7. The third-order valence-electron chi connectivity index (χ3n) is 7.52. The zero-order valence-electron chi connectivity index (χ0n) is 26.9. The Kier molecular flexibility index (Phi) is 9.39. The molecule has 0 amide bonds. The number of benzene rings is 3. The molecule has 39 heavy (non-hydrogen) atoms. The summed E-state index contributed by atoms with van der Waals surface area (Å²) in [4.78, 5) is 5.19. The predicted octanol–water partition coefficient (Wildman–Crippen LogP) is 10.2. The first kappa shape index (κ1) is 31.3. The highest BCUT2D eigenvalue weighted by molar-refractivity contribution is 7.56. The van der Waals surface area contributed by atoms with E-state index >= 15 is 0 Å². The molecular weight excluding hydrogens is 489 g/mol. The number of rotatable bonds is 6. The molecule has 0 heterocycles. The van der Waals surface area contributed by atoms with Crippen LogP contribution in [0.4, 0.5) is 5.69 Å². The highest BCUT2D eigenvalue weighted by Crippen LogP contribution is 2.38. The zero-order valence-corrected chi connectivity index (χ0v) is 27.9. The Morgan fingerprint density at radius 1 is 0.641 bits per heavy atom. The Morgan fingerprint density at radius 2 is 1.13 bits per heavy atom. The maximum Gasteiger partial charge on any atom is 0.0699 e. The number of hydrogen-bond acceptors (Lipinski definition) is 1. The van der Waals surface area contributed by atoms with Crippen molar-refractivity contribution in [2.75, 3.05) is 0 Å². The van der Waals surface area contributed by atoms with E-state index in [1.165, 1.54) is 44.0 Å². The monoisotopic (exact) mass is 541 g/mol. The number of para-hydroxylation sites is 1. The molecule has 210 valence electrons. The number of aliphatic imine (C=N–C) groups is 1. The van der Waals surface area contributed by atoms with Crippen LogP contribution in [0.5, 0.6) is 0 Å². The second-order valence-corrected chi connectivity index (χ2v) is 16.0. The maximum absolute atomic E-state index is 5.19. The Labute approximate surface area is 241 Å². The molecule has 0 saturated carbocycles. The zero-order chi connectivity index (χ0) is 29.3. The summed E-state index contributed by atoms with van der Waals surface area (Å²) >= 11 is 0. The van der Waals surface area contributed by atoms with Gasteiger partial charge < -0.3 is 0 Å². The van der Waals surface area contributed by atoms with Gasteiger partial charge in [0, 0.05) is 11.8 Å². The van der Waals surface area contributed by atoms with Crippen LogP contribution < -0.4 is 10.6 Å². The van der Waals surface area contributed by atoms with Gasteiger partial charge >= 0.3 is 0 Å². The van der Waals surface area contributed by atoms with Crippen molar-refractivity contribution >= 4 is 31.1 Å². The van der Waals surface area contributed by atoms with Crippen LogP contribution in [0.25, 0.3) is 0 Å². The standard InChI is InChI=1S/C37H52NP/c1-24(2)28-18-16-19-29(25(3)4)33(28)38-23-26-17-14-15-20-32(26)39-34-30(36(8,9)10)21-27(35(5,6)7)22-31(34)37(11,12)13/h14-25,39H,1-13H3. The maximum atomic E-state index is 5.19. The Hall–Kier alpha value is -2.24. The van der Waals surface area contributed by atoms with Crippen LogP contribution in [0.3, 0.4) is 0 Å². The van der Waals surface area contributed by atoms with E-state index in [0.29, 0.717) is 20.4 Å². The molecule has 0 spiro atoms. The molecule has 0 aliphatic rings. The SMILES string of the molecule is CC(C)c1cccc(C(C)C)c1N=Cc1ccccc1Pc1c(C(C)(C)C)cc(C(C)(C)C)cc1C(C)(C)C. The quantitative estimate of drug-likeness (QED) is 0.217. The van der Waals surface area contributed by atoms with Crippen molar-refractivity contribution < 1.29 is 0 Å². The van der Waals surface area contributed by atoms with Gasteiger partial charge in [-0.25, -0.2) is 0 Å². The minimum absolute atomic E-state index is 0.0506. The Balaban J connectivity index is 2.21. The van der Waals surface area contributed by atoms with Crippen molar-refractivity contribution in [2.24, 2.45) is 4.99 Å². The van der Waals surface area contributed by atoms with Crippen LogP contribution in [0.1, 0.15) is 135 Å². The van der Waals surface area contributed by atoms with Gasteiger partial charge in [-0.1, -0.05) is 153 Å². The summed E-state index contributed by atoms with van der Waals surface area (Å²) in [5, 5.41) is 2.85. The van der Waals surface area contributed by atoms with Gasteiger partial charge in [0.1, 0.15) is 0 Å². The van der Waals surface area contributed by atoms with Crippen molar-refractivity contribution in [2.45, 2.75) is 118 Å². The van der Waals surface area contributed by atoms with E-state index in [9.17, 15) is 0 Å². The van der Waals surface area contributed by atoms with Crippen LogP contribution in [-0.4, -0.2) is 6.21 Å². The summed E-state index contributed by atoms with van der Waals surface area (Å²) in [6, 6.07) is 20.5. The van der Waals surface area contributed by atoms with Gasteiger partial charge in [-0.2, -0.15) is 0 Å². The third-order valence-corrected chi connectivity index (χ3v) is 9.03. The first-order valence-electron chi connectivity index (χ1n) is 14.6. The second-order valence-electron chi connectivity index (χ2n) is 14.8. The Morgan fingerprint density at radius 3 is 1.56 bits per heavy atom. The molecule has 0 radical (unpaired) electrons. The van der Waals surface area contributed by atoms with Gasteiger partial charge in [0.05, 0.1) is 5.69 Å². The first-order valence-corrected chi connectivity index (χ1v) is 15.6. The van der Waals surface area contributed by atoms with Crippen molar-refractivity contribution in [3.8, 4) is 0 Å². The third kappa shape index (κ3) is 7.49. The van der Waals surface area contributed by atoms with Crippen molar-refractivity contribution in [1.29, 1.82) is 0 Å². The summed E-state index contributed by atoms with van der Waals surface area (Å²) in [5.74, 6) is 0.857. The molecule has 0 aliphatic carbocycles. The molecule has 0 aliphatic heterocycles. The minimum Gasteiger partial charge on any atom is -0.256 e. The lowest BCUT2D eigenvalue weighted by Crippen LogP contribution is -2.31. The van der Waals surface area contributed by atoms with Gasteiger partial charge in [0.2, 0.25) is 0 Å². The fraction of sp³-hybridized carbons (Fsp3) is 0.486. The molecule has 0 N–H and O–H groups in total. The normalized spacial score (nSPS) is 13.5. The van der Waals surface area contributed by atoms with Gasteiger partial charge in [-0.3, -0.25) is 4.99 Å². The van der Waals surface area contributed by atoms with E-state index in [0.717, 1.165) is 5.69 Å². The summed E-state index contributed by atoms with van der Waals surface area (Å²) in [6.45, 7) is 30.2. The molecule has 3 aromatic carbocycles. The average molecular weight is 542 g/mol. The summed E-state index contributed by atoms with van der Waals surface area (Å²) in [5.41, 5.74) is 9.56. The molecule has 1 atom stereocenters. The van der Waals surface area contributed by atoms with Crippen LogP contribution in [0.2, 0.25) is 0 Å². The van der Waals surface area contributed by atoms with E-state index in [1.807, 2.05) is 0 Å². The van der Waals surface area contributed by atoms with Crippen LogP contribution in [0, 0.1) is 0 Å². The summed E-state index contributed by atoms with van der Waals surface area (Å²) in [6.07, 6.45) is 2.12. The molecule has 1 unspecified atom stereocenters. The first-order chi connectivity index (χ1) is 17.9. The number of nitrogens with zero attached hydrogens (tertiary/aromatic N) is 1. The lowest BCUT2D eigenvalue weighted by Gasteiger charge is -2.34. The van der Waals surface area contributed by atoms with Gasteiger partial charge in [0.15, 0.2) is 0 Å². The molecule has 1 nitrogen and oxygen atoms in total.